The summed E-state index contributed by atoms with van der Waals surface area (Å²) in [5, 5.41) is -0.365. The first kappa shape index (κ1) is 9.85. The van der Waals surface area contributed by atoms with Gasteiger partial charge >= 0.3 is 0 Å². The van der Waals surface area contributed by atoms with E-state index in [1.165, 1.54) is 6.42 Å². The van der Waals surface area contributed by atoms with Crippen molar-refractivity contribution in [2.75, 3.05) is 13.1 Å². The van der Waals surface area contributed by atoms with Crippen LogP contribution in [0, 0.1) is 5.92 Å². The first-order chi connectivity index (χ1) is 5.61. The Kier molecular flexibility index (Phi) is 3.39. The molecule has 0 saturated carbocycles. The van der Waals surface area contributed by atoms with Crippen molar-refractivity contribution in [2.45, 2.75) is 32.1 Å². The van der Waals surface area contributed by atoms with E-state index in [9.17, 15) is 4.79 Å². The lowest BCUT2D eigenvalue weighted by Gasteiger charge is -2.31. The van der Waals surface area contributed by atoms with E-state index in [0.29, 0.717) is 5.92 Å². The van der Waals surface area contributed by atoms with Crippen LogP contribution >= 0.6 is 11.6 Å². The van der Waals surface area contributed by atoms with Crippen molar-refractivity contribution in [1.82, 2.24) is 4.90 Å². The maximum absolute atomic E-state index is 11.4. The highest BCUT2D eigenvalue weighted by atomic mass is 35.5. The zero-order valence-electron chi connectivity index (χ0n) is 7.72. The molecule has 0 aromatic heterocycles. The van der Waals surface area contributed by atoms with Gasteiger partial charge in [-0.2, -0.15) is 0 Å². The number of likely N-dealkylation sites (tertiary alicyclic amines) is 1. The Morgan fingerprint density at radius 3 is 2.83 bits per heavy atom. The summed E-state index contributed by atoms with van der Waals surface area (Å²) in [6.45, 7) is 5.69. The molecule has 0 aliphatic carbocycles. The van der Waals surface area contributed by atoms with Gasteiger partial charge in [0.2, 0.25) is 5.91 Å². The summed E-state index contributed by atoms with van der Waals surface area (Å²) in [6.07, 6.45) is 2.36. The van der Waals surface area contributed by atoms with E-state index in [2.05, 4.69) is 6.92 Å². The molecule has 1 fully saturated rings. The Morgan fingerprint density at radius 2 is 2.33 bits per heavy atom. The number of halogens is 1. The predicted octanol–water partition coefficient (Wildman–Crippen LogP) is 1.87. The summed E-state index contributed by atoms with van der Waals surface area (Å²) in [7, 11) is 0. The highest BCUT2D eigenvalue weighted by Gasteiger charge is 2.23. The van der Waals surface area contributed by atoms with E-state index in [1.807, 2.05) is 4.90 Å². The summed E-state index contributed by atoms with van der Waals surface area (Å²) < 4.78 is 0. The third kappa shape index (κ3) is 2.37. The largest absolute Gasteiger partial charge is 0.341 e. The standard InChI is InChI=1S/C9H16ClNO/c1-7-4-3-5-11(6-7)9(12)8(2)10/h7-8H,3-6H2,1-2H3/t7-,8-/m1/s1. The second kappa shape index (κ2) is 4.13. The Morgan fingerprint density at radius 1 is 1.67 bits per heavy atom. The highest BCUT2D eigenvalue weighted by molar-refractivity contribution is 6.30. The van der Waals surface area contributed by atoms with Crippen molar-refractivity contribution in [3.8, 4) is 0 Å². The van der Waals surface area contributed by atoms with Gasteiger partial charge < -0.3 is 4.90 Å². The molecule has 0 N–H and O–H groups in total. The second-order valence-corrected chi connectivity index (χ2v) is 4.30. The molecule has 12 heavy (non-hydrogen) atoms. The fourth-order valence-corrected chi connectivity index (χ4v) is 1.78. The molecule has 1 heterocycles. The van der Waals surface area contributed by atoms with Crippen LogP contribution in [0.25, 0.3) is 0 Å². The zero-order chi connectivity index (χ0) is 9.14. The average Bonchev–Trinajstić information content (AvgIpc) is 2.03. The maximum atomic E-state index is 11.4. The normalized spacial score (nSPS) is 26.9. The molecular formula is C9H16ClNO. The summed E-state index contributed by atoms with van der Waals surface area (Å²) in [4.78, 5) is 13.3. The number of hydrogen-bond donors (Lipinski definition) is 0. The van der Waals surface area contributed by atoms with Crippen LogP contribution in [0.15, 0.2) is 0 Å². The minimum Gasteiger partial charge on any atom is -0.341 e. The Labute approximate surface area is 78.9 Å². The number of piperidine rings is 1. The third-order valence-corrected chi connectivity index (χ3v) is 2.50. The van der Waals surface area contributed by atoms with Crippen LogP contribution in [-0.4, -0.2) is 29.3 Å². The topological polar surface area (TPSA) is 20.3 Å². The van der Waals surface area contributed by atoms with E-state index in [-0.39, 0.29) is 11.3 Å². The molecule has 2 atom stereocenters. The van der Waals surface area contributed by atoms with E-state index < -0.39 is 0 Å². The van der Waals surface area contributed by atoms with Gasteiger partial charge in [0.05, 0.1) is 0 Å². The van der Waals surface area contributed by atoms with Crippen LogP contribution in [0.3, 0.4) is 0 Å². The Balaban J connectivity index is 2.46. The highest BCUT2D eigenvalue weighted by Crippen LogP contribution is 2.16. The summed E-state index contributed by atoms with van der Waals surface area (Å²) in [5.41, 5.74) is 0. The van der Waals surface area contributed by atoms with Crippen molar-refractivity contribution in [1.29, 1.82) is 0 Å². The molecular weight excluding hydrogens is 174 g/mol. The molecule has 0 spiro atoms. The smallest absolute Gasteiger partial charge is 0.240 e. The van der Waals surface area contributed by atoms with Gasteiger partial charge in [0, 0.05) is 13.1 Å². The molecule has 1 aliphatic rings. The first-order valence-corrected chi connectivity index (χ1v) is 4.97. The minimum absolute atomic E-state index is 0.0863. The third-order valence-electron chi connectivity index (χ3n) is 2.31. The molecule has 1 amide bonds. The molecule has 0 unspecified atom stereocenters. The van der Waals surface area contributed by atoms with Crippen molar-refractivity contribution in [3.63, 3.8) is 0 Å². The van der Waals surface area contributed by atoms with Gasteiger partial charge in [-0.05, 0) is 25.7 Å². The number of nitrogens with zero attached hydrogens (tertiary/aromatic N) is 1. The van der Waals surface area contributed by atoms with Gasteiger partial charge in [-0.25, -0.2) is 0 Å². The van der Waals surface area contributed by atoms with E-state index in [1.54, 1.807) is 6.92 Å². The van der Waals surface area contributed by atoms with Gasteiger partial charge in [0.1, 0.15) is 5.38 Å². The van der Waals surface area contributed by atoms with E-state index in [0.717, 1.165) is 19.5 Å². The molecule has 0 aromatic carbocycles. The molecule has 70 valence electrons. The van der Waals surface area contributed by atoms with Gasteiger partial charge in [-0.1, -0.05) is 6.92 Å². The number of rotatable bonds is 1. The molecule has 0 bridgehead atoms. The molecule has 3 heteroatoms. The minimum atomic E-state index is -0.365. The number of carbonyl (C=O) groups is 1. The van der Waals surface area contributed by atoms with Crippen LogP contribution in [0.2, 0.25) is 0 Å². The fourth-order valence-electron chi connectivity index (χ4n) is 1.64. The zero-order valence-corrected chi connectivity index (χ0v) is 8.47. The SMILES string of the molecule is C[C@@H]1CCCN(C(=O)[C@@H](C)Cl)C1. The number of alkyl halides is 1. The van der Waals surface area contributed by atoms with Gasteiger partial charge in [-0.3, -0.25) is 4.79 Å². The van der Waals surface area contributed by atoms with Crippen LogP contribution in [-0.2, 0) is 4.79 Å². The van der Waals surface area contributed by atoms with Crippen LogP contribution in [0.1, 0.15) is 26.7 Å². The van der Waals surface area contributed by atoms with Gasteiger partial charge in [0.15, 0.2) is 0 Å². The average molecular weight is 190 g/mol. The van der Waals surface area contributed by atoms with Crippen molar-refractivity contribution < 1.29 is 4.79 Å². The van der Waals surface area contributed by atoms with Crippen LogP contribution in [0.4, 0.5) is 0 Å². The lowest BCUT2D eigenvalue weighted by molar-refractivity contribution is -0.132. The van der Waals surface area contributed by atoms with E-state index >= 15 is 0 Å². The van der Waals surface area contributed by atoms with Gasteiger partial charge in [-0.15, -0.1) is 11.6 Å². The monoisotopic (exact) mass is 189 g/mol. The molecule has 0 radical (unpaired) electrons. The molecule has 1 rings (SSSR count). The Hall–Kier alpha value is -0.240. The van der Waals surface area contributed by atoms with Crippen LogP contribution in [0.5, 0.6) is 0 Å². The lowest BCUT2D eigenvalue weighted by atomic mass is 10.0. The Bertz CT molecular complexity index is 170. The molecule has 2 nitrogen and oxygen atoms in total. The maximum Gasteiger partial charge on any atom is 0.240 e. The van der Waals surface area contributed by atoms with Crippen molar-refractivity contribution in [3.05, 3.63) is 0 Å². The predicted molar refractivity (Wildman–Crippen MR) is 50.3 cm³/mol. The molecule has 1 aliphatic heterocycles. The second-order valence-electron chi connectivity index (χ2n) is 3.65. The number of amides is 1. The number of hydrogen-bond acceptors (Lipinski definition) is 1. The van der Waals surface area contributed by atoms with Crippen molar-refractivity contribution >= 4 is 17.5 Å². The first-order valence-electron chi connectivity index (χ1n) is 4.54. The quantitative estimate of drug-likeness (QED) is 0.577. The van der Waals surface area contributed by atoms with Crippen LogP contribution < -0.4 is 0 Å². The fraction of sp³-hybridized carbons (Fsp3) is 0.889. The lowest BCUT2D eigenvalue weighted by Crippen LogP contribution is -2.42. The summed E-state index contributed by atoms with van der Waals surface area (Å²) >= 11 is 5.72. The van der Waals surface area contributed by atoms with Crippen molar-refractivity contribution in [2.24, 2.45) is 5.92 Å². The number of carbonyl (C=O) groups excluding carboxylic acids is 1. The summed E-state index contributed by atoms with van der Waals surface area (Å²) in [6, 6.07) is 0. The molecule has 0 aromatic rings. The van der Waals surface area contributed by atoms with Gasteiger partial charge in [0.25, 0.3) is 0 Å². The van der Waals surface area contributed by atoms with E-state index in [4.69, 9.17) is 11.6 Å². The molecule has 1 saturated heterocycles. The summed E-state index contributed by atoms with van der Waals surface area (Å²) in [5.74, 6) is 0.723.